The fourth-order valence-corrected chi connectivity index (χ4v) is 3.59. The molecule has 3 rings (SSSR count). The number of rotatable bonds is 5. The maximum atomic E-state index is 12.7. The summed E-state index contributed by atoms with van der Waals surface area (Å²) in [5.74, 6) is 0.903. The van der Waals surface area contributed by atoms with Crippen LogP contribution in [-0.2, 0) is 16.1 Å². The van der Waals surface area contributed by atoms with Gasteiger partial charge in [-0.25, -0.2) is 4.79 Å². The van der Waals surface area contributed by atoms with E-state index in [9.17, 15) is 9.59 Å². The molecule has 7 nitrogen and oxygen atoms in total. The van der Waals surface area contributed by atoms with Crippen LogP contribution in [0.3, 0.4) is 0 Å². The quantitative estimate of drug-likeness (QED) is 0.732. The number of hydrogen-bond donors (Lipinski definition) is 0. The fourth-order valence-electron chi connectivity index (χ4n) is 3.59. The van der Waals surface area contributed by atoms with Crippen molar-refractivity contribution in [1.82, 2.24) is 14.7 Å². The molecule has 1 saturated heterocycles. The van der Waals surface area contributed by atoms with Gasteiger partial charge in [0.1, 0.15) is 11.4 Å². The molecule has 31 heavy (non-hydrogen) atoms. The molecule has 168 valence electrons. The van der Waals surface area contributed by atoms with E-state index in [1.54, 1.807) is 16.9 Å². The van der Waals surface area contributed by atoms with Gasteiger partial charge in [0.05, 0.1) is 13.7 Å². The van der Waals surface area contributed by atoms with Gasteiger partial charge in [-0.1, -0.05) is 18.2 Å². The molecule has 1 aliphatic heterocycles. The number of fused-ring (bicyclic) bond motifs is 1. The van der Waals surface area contributed by atoms with E-state index in [1.165, 1.54) is 0 Å². The molecule has 1 fully saturated rings. The van der Waals surface area contributed by atoms with Crippen molar-refractivity contribution in [2.45, 2.75) is 32.9 Å². The lowest BCUT2D eigenvalue weighted by molar-refractivity contribution is -0.132. The normalized spacial score (nSPS) is 15.1. The monoisotopic (exact) mass is 427 g/mol. The number of ether oxygens (including phenoxy) is 2. The van der Waals surface area contributed by atoms with Crippen LogP contribution in [0.25, 0.3) is 10.8 Å². The third-order valence-corrected chi connectivity index (χ3v) is 5.34. The first kappa shape index (κ1) is 22.9. The van der Waals surface area contributed by atoms with E-state index >= 15 is 0 Å². The smallest absolute Gasteiger partial charge is 0.410 e. The van der Waals surface area contributed by atoms with Crippen LogP contribution in [-0.4, -0.2) is 79.2 Å². The lowest BCUT2D eigenvalue weighted by Gasteiger charge is -2.35. The van der Waals surface area contributed by atoms with E-state index in [0.29, 0.717) is 39.3 Å². The third kappa shape index (κ3) is 6.34. The first-order chi connectivity index (χ1) is 14.6. The number of likely N-dealkylation sites (N-methyl/N-ethyl adjacent to an activating group) is 1. The zero-order valence-electron chi connectivity index (χ0n) is 19.2. The summed E-state index contributed by atoms with van der Waals surface area (Å²) in [5, 5.41) is 2.23. The summed E-state index contributed by atoms with van der Waals surface area (Å²) in [6.07, 6.45) is -0.287. The van der Waals surface area contributed by atoms with Crippen molar-refractivity contribution in [3.63, 3.8) is 0 Å². The SMILES string of the molecule is COc1ccc2cc(CN(C)C(=O)CN3CCN(C(=O)OC(C)(C)C)CC3)ccc2c1. The predicted octanol–water partition coefficient (Wildman–Crippen LogP) is 3.36. The summed E-state index contributed by atoms with van der Waals surface area (Å²) in [6.45, 7) is 8.96. The van der Waals surface area contributed by atoms with Crippen molar-refractivity contribution in [3.05, 3.63) is 42.0 Å². The molecule has 0 unspecified atom stereocenters. The largest absolute Gasteiger partial charge is 0.497 e. The first-order valence-corrected chi connectivity index (χ1v) is 10.7. The number of amides is 2. The molecular weight excluding hydrogens is 394 g/mol. The average molecular weight is 428 g/mol. The lowest BCUT2D eigenvalue weighted by Crippen LogP contribution is -2.52. The van der Waals surface area contributed by atoms with Gasteiger partial charge in [0.15, 0.2) is 0 Å². The summed E-state index contributed by atoms with van der Waals surface area (Å²) in [4.78, 5) is 30.5. The minimum atomic E-state index is -0.498. The second-order valence-corrected chi connectivity index (χ2v) is 9.04. The van der Waals surface area contributed by atoms with Crippen LogP contribution in [0.1, 0.15) is 26.3 Å². The molecule has 1 aliphatic rings. The topological polar surface area (TPSA) is 62.3 Å². The summed E-state index contributed by atoms with van der Waals surface area (Å²) in [6, 6.07) is 12.2. The van der Waals surface area contributed by atoms with Gasteiger partial charge >= 0.3 is 6.09 Å². The Hall–Kier alpha value is -2.80. The molecule has 2 aromatic carbocycles. The number of hydrogen-bond acceptors (Lipinski definition) is 5. The molecule has 0 aromatic heterocycles. The average Bonchev–Trinajstić information content (AvgIpc) is 2.72. The summed E-state index contributed by atoms with van der Waals surface area (Å²) >= 11 is 0. The summed E-state index contributed by atoms with van der Waals surface area (Å²) in [5.41, 5.74) is 0.588. The highest BCUT2D eigenvalue weighted by molar-refractivity contribution is 5.84. The Kier molecular flexibility index (Phi) is 7.05. The zero-order valence-corrected chi connectivity index (χ0v) is 19.2. The molecule has 0 atom stereocenters. The second-order valence-electron chi connectivity index (χ2n) is 9.04. The van der Waals surface area contributed by atoms with E-state index in [0.717, 1.165) is 22.1 Å². The molecule has 7 heteroatoms. The van der Waals surface area contributed by atoms with Crippen molar-refractivity contribution in [3.8, 4) is 5.75 Å². The van der Waals surface area contributed by atoms with Crippen LogP contribution in [0.15, 0.2) is 36.4 Å². The van der Waals surface area contributed by atoms with Gasteiger partial charge in [0, 0.05) is 39.8 Å². The number of methoxy groups -OCH3 is 1. The molecule has 0 spiro atoms. The van der Waals surface area contributed by atoms with E-state index < -0.39 is 5.60 Å². The molecule has 0 aliphatic carbocycles. The number of nitrogens with zero attached hydrogens (tertiary/aromatic N) is 3. The molecular formula is C24H33N3O4. The van der Waals surface area contributed by atoms with Crippen LogP contribution < -0.4 is 4.74 Å². The summed E-state index contributed by atoms with van der Waals surface area (Å²) in [7, 11) is 3.49. The molecule has 0 radical (unpaired) electrons. The maximum Gasteiger partial charge on any atom is 0.410 e. The molecule has 0 saturated carbocycles. The standard InChI is InChI=1S/C24H33N3O4/c1-24(2,3)31-23(29)27-12-10-26(11-13-27)17-22(28)25(4)16-18-6-7-20-15-21(30-5)9-8-19(20)14-18/h6-9,14-15H,10-13,16-17H2,1-5H3. The van der Waals surface area contributed by atoms with Crippen LogP contribution in [0.4, 0.5) is 4.79 Å². The van der Waals surface area contributed by atoms with Crippen molar-refractivity contribution < 1.29 is 19.1 Å². The Labute approximate surface area is 184 Å². The van der Waals surface area contributed by atoms with E-state index in [2.05, 4.69) is 17.0 Å². The minimum Gasteiger partial charge on any atom is -0.497 e. The van der Waals surface area contributed by atoms with Crippen LogP contribution >= 0.6 is 0 Å². The van der Waals surface area contributed by atoms with Gasteiger partial charge in [-0.05, 0) is 55.3 Å². The Morgan fingerprint density at radius 1 is 1.00 bits per heavy atom. The fraction of sp³-hybridized carbons (Fsp3) is 0.500. The van der Waals surface area contributed by atoms with E-state index in [-0.39, 0.29) is 12.0 Å². The maximum absolute atomic E-state index is 12.7. The number of carbonyl (C=O) groups is 2. The highest BCUT2D eigenvalue weighted by Crippen LogP contribution is 2.22. The predicted molar refractivity (Wildman–Crippen MR) is 121 cm³/mol. The summed E-state index contributed by atoms with van der Waals surface area (Å²) < 4.78 is 10.7. The molecule has 2 amide bonds. The zero-order chi connectivity index (χ0) is 22.6. The Morgan fingerprint density at radius 2 is 1.65 bits per heavy atom. The molecule has 2 aromatic rings. The first-order valence-electron chi connectivity index (χ1n) is 10.7. The van der Waals surface area contributed by atoms with Gasteiger partial charge < -0.3 is 19.3 Å². The second kappa shape index (κ2) is 9.56. The number of carbonyl (C=O) groups excluding carboxylic acids is 2. The number of benzene rings is 2. The Morgan fingerprint density at radius 3 is 2.29 bits per heavy atom. The van der Waals surface area contributed by atoms with E-state index in [4.69, 9.17) is 9.47 Å². The molecule has 0 bridgehead atoms. The van der Waals surface area contributed by atoms with Crippen molar-refractivity contribution >= 4 is 22.8 Å². The van der Waals surface area contributed by atoms with Crippen molar-refractivity contribution in [2.75, 3.05) is 46.9 Å². The van der Waals surface area contributed by atoms with Crippen LogP contribution in [0, 0.1) is 0 Å². The molecule has 1 heterocycles. The van der Waals surface area contributed by atoms with Gasteiger partial charge in [0.2, 0.25) is 5.91 Å². The third-order valence-electron chi connectivity index (χ3n) is 5.34. The Balaban J connectivity index is 1.50. The molecule has 0 N–H and O–H groups in total. The van der Waals surface area contributed by atoms with Gasteiger partial charge in [-0.15, -0.1) is 0 Å². The van der Waals surface area contributed by atoms with Gasteiger partial charge in [0.25, 0.3) is 0 Å². The van der Waals surface area contributed by atoms with Gasteiger partial charge in [-0.3, -0.25) is 9.69 Å². The highest BCUT2D eigenvalue weighted by atomic mass is 16.6. The van der Waals surface area contributed by atoms with Crippen LogP contribution in [0.2, 0.25) is 0 Å². The van der Waals surface area contributed by atoms with Crippen molar-refractivity contribution in [1.29, 1.82) is 0 Å². The van der Waals surface area contributed by atoms with E-state index in [1.807, 2.05) is 52.1 Å². The minimum absolute atomic E-state index is 0.0699. The number of piperazine rings is 1. The van der Waals surface area contributed by atoms with Crippen molar-refractivity contribution in [2.24, 2.45) is 0 Å². The lowest BCUT2D eigenvalue weighted by atomic mass is 10.1. The Bertz CT molecular complexity index is 930. The highest BCUT2D eigenvalue weighted by Gasteiger charge is 2.27. The van der Waals surface area contributed by atoms with Crippen LogP contribution in [0.5, 0.6) is 5.75 Å². The van der Waals surface area contributed by atoms with Gasteiger partial charge in [-0.2, -0.15) is 0 Å².